The Balaban J connectivity index is 1.92. The molecule has 0 radical (unpaired) electrons. The summed E-state index contributed by atoms with van der Waals surface area (Å²) in [5.41, 5.74) is 0.529. The average molecular weight is 311 g/mol. The van der Waals surface area contributed by atoms with E-state index in [0.29, 0.717) is 22.2 Å². The lowest BCUT2D eigenvalue weighted by molar-refractivity contribution is 0.245. The number of rotatable bonds is 6. The third-order valence-electron chi connectivity index (χ3n) is 2.54. The second-order valence-corrected chi connectivity index (χ2v) is 4.52. The van der Waals surface area contributed by atoms with Crippen molar-refractivity contribution >= 4 is 23.3 Å². The molecule has 0 atom stereocenters. The van der Waals surface area contributed by atoms with E-state index in [9.17, 15) is 4.79 Å². The quantitative estimate of drug-likeness (QED) is 0.766. The minimum Gasteiger partial charge on any atom is -0.484 e. The van der Waals surface area contributed by atoms with Gasteiger partial charge < -0.3 is 24.9 Å². The van der Waals surface area contributed by atoms with Crippen LogP contribution in [-0.2, 0) is 6.61 Å². The van der Waals surface area contributed by atoms with Crippen LogP contribution in [0.2, 0.25) is 5.02 Å². The Morgan fingerprint density at radius 3 is 2.90 bits per heavy atom. The van der Waals surface area contributed by atoms with Crippen LogP contribution in [0.25, 0.3) is 0 Å². The third kappa shape index (κ3) is 4.70. The van der Waals surface area contributed by atoms with Crippen LogP contribution in [0.4, 0.5) is 10.5 Å². The lowest BCUT2D eigenvalue weighted by Gasteiger charge is -2.10. The van der Waals surface area contributed by atoms with E-state index in [-0.39, 0.29) is 19.8 Å². The first-order valence-corrected chi connectivity index (χ1v) is 6.67. The van der Waals surface area contributed by atoms with Crippen LogP contribution in [0.15, 0.2) is 41.0 Å². The summed E-state index contributed by atoms with van der Waals surface area (Å²) in [6, 6.07) is 8.07. The van der Waals surface area contributed by atoms with E-state index in [0.717, 1.165) is 0 Å². The highest BCUT2D eigenvalue weighted by Gasteiger charge is 2.07. The van der Waals surface area contributed by atoms with E-state index >= 15 is 0 Å². The number of benzene rings is 1. The van der Waals surface area contributed by atoms with Crippen LogP contribution < -0.4 is 15.4 Å². The molecule has 0 aliphatic carbocycles. The second kappa shape index (κ2) is 7.56. The molecule has 112 valence electrons. The number of amides is 2. The van der Waals surface area contributed by atoms with Crippen molar-refractivity contribution in [2.45, 2.75) is 6.61 Å². The van der Waals surface area contributed by atoms with Gasteiger partial charge in [-0.2, -0.15) is 0 Å². The van der Waals surface area contributed by atoms with Crippen molar-refractivity contribution in [1.29, 1.82) is 0 Å². The Bertz CT molecular complexity index is 587. The number of anilines is 1. The fraction of sp³-hybridized carbons (Fsp3) is 0.214. The van der Waals surface area contributed by atoms with Gasteiger partial charge in [0.15, 0.2) is 0 Å². The normalized spacial score (nSPS) is 10.2. The number of furan rings is 1. The van der Waals surface area contributed by atoms with Crippen molar-refractivity contribution in [2.24, 2.45) is 0 Å². The Kier molecular flexibility index (Phi) is 5.48. The monoisotopic (exact) mass is 310 g/mol. The molecule has 0 saturated carbocycles. The topological polar surface area (TPSA) is 83.7 Å². The fourth-order valence-corrected chi connectivity index (χ4v) is 1.82. The molecule has 2 rings (SSSR count). The van der Waals surface area contributed by atoms with E-state index in [1.807, 2.05) is 0 Å². The van der Waals surface area contributed by atoms with Gasteiger partial charge in [0.2, 0.25) is 0 Å². The molecule has 0 aliphatic heterocycles. The molecule has 0 saturated heterocycles. The molecular weight excluding hydrogens is 296 g/mol. The highest BCUT2D eigenvalue weighted by Crippen LogP contribution is 2.28. The van der Waals surface area contributed by atoms with Gasteiger partial charge in [0.1, 0.15) is 18.1 Å². The van der Waals surface area contributed by atoms with Crippen molar-refractivity contribution in [1.82, 2.24) is 5.32 Å². The number of nitrogens with one attached hydrogen (secondary N) is 2. The van der Waals surface area contributed by atoms with Gasteiger partial charge in [-0.3, -0.25) is 0 Å². The number of urea groups is 1. The number of hydrogen-bond acceptors (Lipinski definition) is 4. The predicted octanol–water partition coefficient (Wildman–Crippen LogP) is 2.63. The summed E-state index contributed by atoms with van der Waals surface area (Å²) in [6.07, 6.45) is 1.57. The molecule has 0 spiro atoms. The Hall–Kier alpha value is -2.18. The average Bonchev–Trinajstić information content (AvgIpc) is 2.97. The molecule has 0 fully saturated rings. The summed E-state index contributed by atoms with van der Waals surface area (Å²) in [5, 5.41) is 14.1. The van der Waals surface area contributed by atoms with Crippen molar-refractivity contribution in [2.75, 3.05) is 18.5 Å². The van der Waals surface area contributed by atoms with Gasteiger partial charge in [-0.05, 0) is 30.3 Å². The largest absolute Gasteiger partial charge is 0.484 e. The summed E-state index contributed by atoms with van der Waals surface area (Å²) in [5.74, 6) is 1.19. The van der Waals surface area contributed by atoms with E-state index in [1.165, 1.54) is 0 Å². The van der Waals surface area contributed by atoms with Gasteiger partial charge in [0.05, 0.1) is 17.9 Å². The summed E-state index contributed by atoms with van der Waals surface area (Å²) in [4.78, 5) is 11.4. The first-order valence-electron chi connectivity index (χ1n) is 6.29. The molecule has 1 aromatic heterocycles. The molecule has 1 heterocycles. The van der Waals surface area contributed by atoms with E-state index in [4.69, 9.17) is 25.9 Å². The SMILES string of the molecule is O=C(NCCO)Nc1ccc(OCc2ccco2)c(Cl)c1. The maximum atomic E-state index is 11.4. The van der Waals surface area contributed by atoms with Gasteiger partial charge >= 0.3 is 6.03 Å². The molecule has 1 aromatic carbocycles. The number of hydrogen-bond donors (Lipinski definition) is 3. The van der Waals surface area contributed by atoms with Gasteiger partial charge in [0, 0.05) is 12.2 Å². The molecule has 7 heteroatoms. The number of aliphatic hydroxyl groups excluding tert-OH is 1. The van der Waals surface area contributed by atoms with Crippen LogP contribution in [0.1, 0.15) is 5.76 Å². The zero-order chi connectivity index (χ0) is 15.1. The lowest BCUT2D eigenvalue weighted by Crippen LogP contribution is -2.30. The molecule has 3 N–H and O–H groups in total. The molecule has 21 heavy (non-hydrogen) atoms. The van der Waals surface area contributed by atoms with E-state index in [1.54, 1.807) is 36.6 Å². The fourth-order valence-electron chi connectivity index (χ4n) is 1.58. The summed E-state index contributed by atoms with van der Waals surface area (Å²) in [7, 11) is 0. The van der Waals surface area contributed by atoms with Gasteiger partial charge in [-0.25, -0.2) is 4.79 Å². The van der Waals surface area contributed by atoms with E-state index < -0.39 is 6.03 Å². The van der Waals surface area contributed by atoms with Crippen molar-refractivity contribution in [3.8, 4) is 5.75 Å². The Morgan fingerprint density at radius 1 is 1.38 bits per heavy atom. The Morgan fingerprint density at radius 2 is 2.24 bits per heavy atom. The van der Waals surface area contributed by atoms with Crippen LogP contribution in [-0.4, -0.2) is 24.3 Å². The maximum absolute atomic E-state index is 11.4. The highest BCUT2D eigenvalue weighted by atomic mass is 35.5. The first kappa shape index (κ1) is 15.2. The van der Waals surface area contributed by atoms with Gasteiger partial charge in [0.25, 0.3) is 0 Å². The van der Waals surface area contributed by atoms with Crippen LogP contribution in [0, 0.1) is 0 Å². The standard InChI is InChI=1S/C14H15ClN2O4/c15-12-8-10(17-14(19)16-5-6-18)3-4-13(12)21-9-11-2-1-7-20-11/h1-4,7-8,18H,5-6,9H2,(H2,16,17,19). The number of aliphatic hydroxyl groups is 1. The molecule has 2 aromatic rings. The summed E-state index contributed by atoms with van der Waals surface area (Å²) < 4.78 is 10.7. The highest BCUT2D eigenvalue weighted by molar-refractivity contribution is 6.32. The summed E-state index contributed by atoms with van der Waals surface area (Å²) in [6.45, 7) is 0.341. The third-order valence-corrected chi connectivity index (χ3v) is 2.83. The smallest absolute Gasteiger partial charge is 0.319 e. The molecule has 0 unspecified atom stereocenters. The molecule has 0 bridgehead atoms. The number of halogens is 1. The second-order valence-electron chi connectivity index (χ2n) is 4.12. The zero-order valence-corrected chi connectivity index (χ0v) is 11.9. The van der Waals surface area contributed by atoms with Crippen molar-refractivity contribution in [3.05, 3.63) is 47.4 Å². The molecule has 6 nitrogen and oxygen atoms in total. The van der Waals surface area contributed by atoms with Crippen LogP contribution >= 0.6 is 11.6 Å². The van der Waals surface area contributed by atoms with E-state index in [2.05, 4.69) is 10.6 Å². The number of ether oxygens (including phenoxy) is 1. The van der Waals surface area contributed by atoms with Crippen LogP contribution in [0.3, 0.4) is 0 Å². The number of carbonyl (C=O) groups excluding carboxylic acids is 1. The minimum absolute atomic E-state index is 0.117. The lowest BCUT2D eigenvalue weighted by atomic mass is 10.3. The van der Waals surface area contributed by atoms with Crippen molar-refractivity contribution in [3.63, 3.8) is 0 Å². The zero-order valence-electron chi connectivity index (χ0n) is 11.1. The number of carbonyl (C=O) groups is 1. The molecular formula is C14H15ClN2O4. The molecule has 0 aliphatic rings. The van der Waals surface area contributed by atoms with Gasteiger partial charge in [-0.1, -0.05) is 11.6 Å². The molecule has 2 amide bonds. The summed E-state index contributed by atoms with van der Waals surface area (Å²) >= 11 is 6.09. The van der Waals surface area contributed by atoms with Crippen molar-refractivity contribution < 1.29 is 19.1 Å². The van der Waals surface area contributed by atoms with Crippen LogP contribution in [0.5, 0.6) is 5.75 Å². The maximum Gasteiger partial charge on any atom is 0.319 e. The Labute approximate surface area is 126 Å². The minimum atomic E-state index is -0.413. The predicted molar refractivity (Wildman–Crippen MR) is 78.6 cm³/mol. The van der Waals surface area contributed by atoms with Gasteiger partial charge in [-0.15, -0.1) is 0 Å². The first-order chi connectivity index (χ1) is 10.2.